The number of rotatable bonds is 4. The number of hydrogen-bond acceptors (Lipinski definition) is 3. The number of benzene rings is 2. The minimum absolute atomic E-state index is 0.0911. The highest BCUT2D eigenvalue weighted by Crippen LogP contribution is 2.31. The van der Waals surface area contributed by atoms with Gasteiger partial charge in [-0.05, 0) is 24.3 Å². The van der Waals surface area contributed by atoms with E-state index in [2.05, 4.69) is 0 Å². The number of para-hydroxylation sites is 2. The average molecular weight is 350 g/mol. The molecule has 0 N–H and O–H groups in total. The van der Waals surface area contributed by atoms with Crippen LogP contribution in [0, 0.1) is 5.82 Å². The molecule has 126 valence electrons. The first-order valence-electron chi connectivity index (χ1n) is 7.60. The maximum absolute atomic E-state index is 13.8. The molecule has 0 radical (unpaired) electrons. The lowest BCUT2D eigenvalue weighted by Crippen LogP contribution is -2.42. The number of halogens is 2. The van der Waals surface area contributed by atoms with Gasteiger partial charge in [0.15, 0.2) is 17.6 Å². The van der Waals surface area contributed by atoms with Crippen LogP contribution in [0.4, 0.5) is 4.39 Å². The van der Waals surface area contributed by atoms with Crippen molar-refractivity contribution in [3.8, 4) is 11.5 Å². The van der Waals surface area contributed by atoms with Gasteiger partial charge in [-0.3, -0.25) is 4.79 Å². The molecule has 4 nitrogen and oxygen atoms in total. The molecule has 1 aliphatic heterocycles. The summed E-state index contributed by atoms with van der Waals surface area (Å²) in [5, 5.41) is 0.253. The van der Waals surface area contributed by atoms with Gasteiger partial charge in [0.2, 0.25) is 5.91 Å². The van der Waals surface area contributed by atoms with E-state index in [-0.39, 0.29) is 29.0 Å². The summed E-state index contributed by atoms with van der Waals surface area (Å²) in [5.41, 5.74) is 0.210. The summed E-state index contributed by atoms with van der Waals surface area (Å²) in [4.78, 5) is 13.8. The molecule has 0 saturated carbocycles. The second-order valence-corrected chi connectivity index (χ2v) is 6.06. The van der Waals surface area contributed by atoms with Crippen LogP contribution in [0.2, 0.25) is 5.02 Å². The van der Waals surface area contributed by atoms with Crippen molar-refractivity contribution in [1.29, 1.82) is 0 Å². The van der Waals surface area contributed by atoms with Gasteiger partial charge in [-0.25, -0.2) is 4.39 Å². The predicted octanol–water partition coefficient (Wildman–Crippen LogP) is 3.32. The van der Waals surface area contributed by atoms with Crippen molar-refractivity contribution >= 4 is 17.5 Å². The summed E-state index contributed by atoms with van der Waals surface area (Å²) >= 11 is 5.97. The summed E-state index contributed by atoms with van der Waals surface area (Å²) in [7, 11) is 1.65. The van der Waals surface area contributed by atoms with E-state index >= 15 is 0 Å². The third kappa shape index (κ3) is 3.62. The van der Waals surface area contributed by atoms with Crippen LogP contribution < -0.4 is 9.47 Å². The quantitative estimate of drug-likeness (QED) is 0.850. The molecule has 2 aromatic rings. The minimum atomic E-state index is -0.476. The van der Waals surface area contributed by atoms with Gasteiger partial charge in [-0.2, -0.15) is 0 Å². The SMILES string of the molecule is CN(CC1COc2ccccc2O1)C(=O)Cc1c(F)cccc1Cl. The van der Waals surface area contributed by atoms with Gasteiger partial charge in [-0.15, -0.1) is 0 Å². The van der Waals surface area contributed by atoms with Crippen LogP contribution in [-0.2, 0) is 11.2 Å². The van der Waals surface area contributed by atoms with Crippen LogP contribution in [0.15, 0.2) is 42.5 Å². The standard InChI is InChI=1S/C18H17ClFNO3/c1-21(18(22)9-13-14(19)5-4-6-15(13)20)10-12-11-23-16-7-2-3-8-17(16)24-12/h2-8,12H,9-11H2,1H3. The third-order valence-electron chi connectivity index (χ3n) is 3.86. The maximum Gasteiger partial charge on any atom is 0.227 e. The van der Waals surface area contributed by atoms with Crippen LogP contribution in [0.5, 0.6) is 11.5 Å². The van der Waals surface area contributed by atoms with Crippen LogP contribution in [-0.4, -0.2) is 37.1 Å². The topological polar surface area (TPSA) is 38.8 Å². The van der Waals surface area contributed by atoms with Crippen molar-refractivity contribution in [2.75, 3.05) is 20.2 Å². The van der Waals surface area contributed by atoms with Crippen molar-refractivity contribution in [3.05, 3.63) is 58.9 Å². The zero-order chi connectivity index (χ0) is 17.1. The molecule has 0 bridgehead atoms. The lowest BCUT2D eigenvalue weighted by Gasteiger charge is -2.29. The van der Waals surface area contributed by atoms with Crippen LogP contribution >= 0.6 is 11.6 Å². The summed E-state index contributed by atoms with van der Waals surface area (Å²) < 4.78 is 25.3. The van der Waals surface area contributed by atoms with E-state index in [1.54, 1.807) is 13.1 Å². The van der Waals surface area contributed by atoms with Gasteiger partial charge in [-0.1, -0.05) is 29.8 Å². The largest absolute Gasteiger partial charge is 0.486 e. The molecule has 0 spiro atoms. The Morgan fingerprint density at radius 1 is 1.25 bits per heavy atom. The number of fused-ring (bicyclic) bond motifs is 1. The summed E-state index contributed by atoms with van der Waals surface area (Å²) in [6.45, 7) is 0.703. The van der Waals surface area contributed by atoms with Gasteiger partial charge in [0, 0.05) is 17.6 Å². The van der Waals surface area contributed by atoms with E-state index in [0.717, 1.165) is 0 Å². The molecule has 0 aliphatic carbocycles. The van der Waals surface area contributed by atoms with Gasteiger partial charge >= 0.3 is 0 Å². The number of carbonyl (C=O) groups excluding carboxylic acids is 1. The molecule has 1 amide bonds. The molecule has 1 unspecified atom stereocenters. The Hall–Kier alpha value is -2.27. The molecule has 2 aromatic carbocycles. The Labute approximate surface area is 144 Å². The zero-order valence-corrected chi connectivity index (χ0v) is 13.9. The van der Waals surface area contributed by atoms with Crippen LogP contribution in [0.1, 0.15) is 5.56 Å². The Balaban J connectivity index is 1.61. The smallest absolute Gasteiger partial charge is 0.227 e. The second-order valence-electron chi connectivity index (χ2n) is 5.65. The number of hydrogen-bond donors (Lipinski definition) is 0. The molecule has 1 atom stereocenters. The Bertz CT molecular complexity index is 733. The molecule has 3 rings (SSSR count). The fraction of sp³-hybridized carbons (Fsp3) is 0.278. The molecule has 1 heterocycles. The molecule has 1 aliphatic rings. The number of nitrogens with zero attached hydrogens (tertiary/aromatic N) is 1. The lowest BCUT2D eigenvalue weighted by molar-refractivity contribution is -0.130. The second kappa shape index (κ2) is 7.09. The van der Waals surface area contributed by atoms with Crippen molar-refractivity contribution < 1.29 is 18.7 Å². The van der Waals surface area contributed by atoms with Crippen molar-refractivity contribution in [1.82, 2.24) is 4.90 Å². The molecule has 0 saturated heterocycles. The van der Waals surface area contributed by atoms with E-state index in [4.69, 9.17) is 21.1 Å². The van der Waals surface area contributed by atoms with E-state index in [1.807, 2.05) is 24.3 Å². The molecular formula is C18H17ClFNO3. The van der Waals surface area contributed by atoms with E-state index in [0.29, 0.717) is 24.7 Å². The number of carbonyl (C=O) groups is 1. The molecule has 24 heavy (non-hydrogen) atoms. The van der Waals surface area contributed by atoms with Gasteiger partial charge in [0.1, 0.15) is 12.4 Å². The zero-order valence-electron chi connectivity index (χ0n) is 13.2. The number of ether oxygens (including phenoxy) is 2. The molecular weight excluding hydrogens is 333 g/mol. The number of likely N-dealkylation sites (N-methyl/N-ethyl adjacent to an activating group) is 1. The van der Waals surface area contributed by atoms with Gasteiger partial charge < -0.3 is 14.4 Å². The highest BCUT2D eigenvalue weighted by molar-refractivity contribution is 6.31. The Morgan fingerprint density at radius 3 is 2.75 bits per heavy atom. The highest BCUT2D eigenvalue weighted by Gasteiger charge is 2.24. The van der Waals surface area contributed by atoms with Gasteiger partial charge in [0.05, 0.1) is 13.0 Å². The first-order chi connectivity index (χ1) is 11.5. The van der Waals surface area contributed by atoms with Gasteiger partial charge in [0.25, 0.3) is 0 Å². The van der Waals surface area contributed by atoms with E-state index < -0.39 is 5.82 Å². The van der Waals surface area contributed by atoms with Crippen LogP contribution in [0.25, 0.3) is 0 Å². The monoisotopic (exact) mass is 349 g/mol. The fourth-order valence-corrected chi connectivity index (χ4v) is 2.78. The number of amides is 1. The molecule has 0 fully saturated rings. The highest BCUT2D eigenvalue weighted by atomic mass is 35.5. The molecule has 0 aromatic heterocycles. The Morgan fingerprint density at radius 2 is 2.00 bits per heavy atom. The van der Waals surface area contributed by atoms with Crippen molar-refractivity contribution in [2.24, 2.45) is 0 Å². The predicted molar refractivity (Wildman–Crippen MR) is 89.1 cm³/mol. The summed E-state index contributed by atoms with van der Waals surface area (Å²) in [6, 6.07) is 11.8. The third-order valence-corrected chi connectivity index (χ3v) is 4.21. The fourth-order valence-electron chi connectivity index (χ4n) is 2.55. The van der Waals surface area contributed by atoms with Crippen molar-refractivity contribution in [3.63, 3.8) is 0 Å². The maximum atomic E-state index is 13.8. The normalized spacial score (nSPS) is 15.9. The van der Waals surface area contributed by atoms with Crippen molar-refractivity contribution in [2.45, 2.75) is 12.5 Å². The van der Waals surface area contributed by atoms with E-state index in [1.165, 1.54) is 17.0 Å². The summed E-state index contributed by atoms with van der Waals surface area (Å²) in [6.07, 6.45) is -0.364. The first-order valence-corrected chi connectivity index (χ1v) is 7.97. The lowest BCUT2D eigenvalue weighted by atomic mass is 10.1. The average Bonchev–Trinajstić information content (AvgIpc) is 2.58. The summed E-state index contributed by atoms with van der Waals surface area (Å²) in [5.74, 6) is 0.646. The first kappa shape index (κ1) is 16.6. The minimum Gasteiger partial charge on any atom is -0.486 e. The van der Waals surface area contributed by atoms with Crippen LogP contribution in [0.3, 0.4) is 0 Å². The Kier molecular flexibility index (Phi) is 4.90. The van der Waals surface area contributed by atoms with E-state index in [9.17, 15) is 9.18 Å². The molecule has 6 heteroatoms.